The highest BCUT2D eigenvalue weighted by Crippen LogP contribution is 2.55. The van der Waals surface area contributed by atoms with Crippen LogP contribution in [0.25, 0.3) is 0 Å². The van der Waals surface area contributed by atoms with Crippen LogP contribution in [0.3, 0.4) is 0 Å². The van der Waals surface area contributed by atoms with Gasteiger partial charge in [0.15, 0.2) is 0 Å². The molecule has 2 aliphatic rings. The van der Waals surface area contributed by atoms with Crippen molar-refractivity contribution in [3.05, 3.63) is 46.7 Å². The van der Waals surface area contributed by atoms with Gasteiger partial charge >= 0.3 is 0 Å². The first-order valence-electron chi connectivity index (χ1n) is 12.8. The summed E-state index contributed by atoms with van der Waals surface area (Å²) in [5.41, 5.74) is 0.0130. The minimum absolute atomic E-state index is 0.125. The van der Waals surface area contributed by atoms with Gasteiger partial charge in [0, 0.05) is 54.3 Å². The quantitative estimate of drug-likeness (QED) is 0.486. The van der Waals surface area contributed by atoms with E-state index in [4.69, 9.17) is 21.6 Å². The number of hydrogen-bond acceptors (Lipinski definition) is 8. The van der Waals surface area contributed by atoms with Crippen LogP contribution in [0.4, 0.5) is 5.95 Å². The molecule has 1 unspecified atom stereocenters. The van der Waals surface area contributed by atoms with Gasteiger partial charge in [0.05, 0.1) is 22.8 Å². The van der Waals surface area contributed by atoms with Gasteiger partial charge in [0.25, 0.3) is 5.91 Å². The van der Waals surface area contributed by atoms with Crippen molar-refractivity contribution >= 4 is 29.7 Å². The van der Waals surface area contributed by atoms with Gasteiger partial charge < -0.3 is 24.9 Å². The zero-order valence-corrected chi connectivity index (χ0v) is 22.9. The third-order valence-electron chi connectivity index (χ3n) is 8.14. The van der Waals surface area contributed by atoms with Crippen molar-refractivity contribution in [3.8, 4) is 11.8 Å². The number of ether oxygens (including phenoxy) is 1. The monoisotopic (exact) mass is 539 g/mol. The van der Waals surface area contributed by atoms with E-state index in [1.54, 1.807) is 18.2 Å². The molecule has 0 spiro atoms. The number of amides is 1. The topological polar surface area (TPSA) is 128 Å². The molecular weight excluding hydrogens is 506 g/mol. The Morgan fingerprint density at radius 1 is 1.26 bits per heavy atom. The highest BCUT2D eigenvalue weighted by molar-refractivity contribution is 6.31. The van der Waals surface area contributed by atoms with Gasteiger partial charge in [-0.25, -0.2) is 9.97 Å². The van der Waals surface area contributed by atoms with Gasteiger partial charge in [-0.2, -0.15) is 5.26 Å². The Hall–Kier alpha value is -3.22. The standard InChI is InChI=1S/C28H34ClN5O4/c1-27(2)24(28(3,4)25(27)38-21-6-5-18(12-30)22(29)11-21)33-23(37)19-13-31-26(32-14-19)34-9-7-17(8-10-34)20(15-35)16-36/h5-6,11,13-15,17,20,24-25,36H,7-10,16H2,1-4H3,(H,33,37). The second kappa shape index (κ2) is 10.9. The normalized spacial score (nSPS) is 23.0. The zero-order valence-electron chi connectivity index (χ0n) is 22.1. The Labute approximate surface area is 228 Å². The fraction of sp³-hybridized carbons (Fsp3) is 0.536. The minimum Gasteiger partial charge on any atom is -0.489 e. The van der Waals surface area contributed by atoms with Gasteiger partial charge in [-0.05, 0) is 30.9 Å². The number of benzene rings is 1. The summed E-state index contributed by atoms with van der Waals surface area (Å²) in [5.74, 6) is 0.713. The lowest BCUT2D eigenvalue weighted by Gasteiger charge is -2.63. The van der Waals surface area contributed by atoms with E-state index in [0.29, 0.717) is 40.9 Å². The molecule has 1 amide bonds. The average molecular weight is 540 g/mol. The van der Waals surface area contributed by atoms with Crippen LogP contribution < -0.4 is 15.0 Å². The summed E-state index contributed by atoms with van der Waals surface area (Å²) in [6.45, 7) is 9.46. The number of nitrogens with one attached hydrogen (secondary N) is 1. The maximum absolute atomic E-state index is 13.1. The van der Waals surface area contributed by atoms with E-state index < -0.39 is 0 Å². The third kappa shape index (κ3) is 5.20. The highest BCUT2D eigenvalue weighted by Gasteiger charge is 2.64. The van der Waals surface area contributed by atoms with Gasteiger partial charge in [0.1, 0.15) is 24.2 Å². The van der Waals surface area contributed by atoms with Crippen molar-refractivity contribution in [3.63, 3.8) is 0 Å². The molecule has 0 bridgehead atoms. The molecule has 9 nitrogen and oxygen atoms in total. The van der Waals surface area contributed by atoms with Crippen molar-refractivity contribution in [2.45, 2.75) is 52.7 Å². The fourth-order valence-electron chi connectivity index (χ4n) is 6.24. The lowest BCUT2D eigenvalue weighted by molar-refractivity contribution is -0.164. The number of halogens is 1. The summed E-state index contributed by atoms with van der Waals surface area (Å²) in [6, 6.07) is 6.89. The Balaban J connectivity index is 1.37. The number of aliphatic hydroxyl groups is 1. The van der Waals surface area contributed by atoms with Crippen LogP contribution in [0, 0.1) is 34.0 Å². The van der Waals surface area contributed by atoms with E-state index in [0.717, 1.165) is 19.1 Å². The van der Waals surface area contributed by atoms with Crippen LogP contribution in [-0.2, 0) is 4.79 Å². The summed E-state index contributed by atoms with van der Waals surface area (Å²) < 4.78 is 6.29. The first-order valence-corrected chi connectivity index (χ1v) is 13.2. The van der Waals surface area contributed by atoms with Gasteiger partial charge in [-0.1, -0.05) is 39.3 Å². The first-order chi connectivity index (χ1) is 18.0. The summed E-state index contributed by atoms with van der Waals surface area (Å²) in [5, 5.41) is 22.0. The third-order valence-corrected chi connectivity index (χ3v) is 8.46. The number of aldehydes is 1. The second-order valence-corrected chi connectivity index (χ2v) is 11.8. The molecular formula is C28H34ClN5O4. The van der Waals surface area contributed by atoms with E-state index in [1.807, 2.05) is 38.7 Å². The lowest BCUT2D eigenvalue weighted by Crippen LogP contribution is -2.74. The fourth-order valence-corrected chi connectivity index (χ4v) is 6.46. The molecule has 1 saturated heterocycles. The van der Waals surface area contributed by atoms with Crippen molar-refractivity contribution in [1.29, 1.82) is 5.26 Å². The number of anilines is 1. The molecule has 2 aromatic rings. The van der Waals surface area contributed by atoms with Crippen LogP contribution in [0.1, 0.15) is 56.5 Å². The highest BCUT2D eigenvalue weighted by atomic mass is 35.5. The molecule has 2 N–H and O–H groups in total. The van der Waals surface area contributed by atoms with Gasteiger partial charge in [-0.15, -0.1) is 0 Å². The zero-order chi connectivity index (χ0) is 27.7. The molecule has 1 aromatic carbocycles. The molecule has 2 fully saturated rings. The van der Waals surface area contributed by atoms with Crippen LogP contribution in [0.2, 0.25) is 5.02 Å². The summed E-state index contributed by atoms with van der Waals surface area (Å²) in [7, 11) is 0. The minimum atomic E-state index is -0.376. The number of rotatable bonds is 8. The second-order valence-electron chi connectivity index (χ2n) is 11.4. The average Bonchev–Trinajstić information content (AvgIpc) is 2.91. The maximum Gasteiger partial charge on any atom is 0.254 e. The number of nitriles is 1. The van der Waals surface area contributed by atoms with Crippen LogP contribution in [0.15, 0.2) is 30.6 Å². The molecule has 0 radical (unpaired) electrons. The van der Waals surface area contributed by atoms with E-state index in [9.17, 15) is 14.7 Å². The van der Waals surface area contributed by atoms with E-state index in [-0.39, 0.29) is 47.3 Å². The van der Waals surface area contributed by atoms with Gasteiger partial charge in [-0.3, -0.25) is 4.79 Å². The van der Waals surface area contributed by atoms with Crippen LogP contribution in [-0.4, -0.2) is 59.1 Å². The molecule has 10 heteroatoms. The predicted octanol–water partition coefficient (Wildman–Crippen LogP) is 3.64. The molecule has 2 heterocycles. The molecule has 38 heavy (non-hydrogen) atoms. The Morgan fingerprint density at radius 2 is 1.89 bits per heavy atom. The molecule has 4 rings (SSSR count). The van der Waals surface area contributed by atoms with Crippen LogP contribution >= 0.6 is 11.6 Å². The van der Waals surface area contributed by atoms with Crippen molar-refractivity contribution in [1.82, 2.24) is 15.3 Å². The smallest absolute Gasteiger partial charge is 0.254 e. The summed E-state index contributed by atoms with van der Waals surface area (Å²) >= 11 is 6.18. The Morgan fingerprint density at radius 3 is 2.42 bits per heavy atom. The number of piperidine rings is 1. The SMILES string of the molecule is CC1(C)C(NC(=O)c2cnc(N3CCC(C(C=O)CO)CC3)nc2)C(C)(C)C1Oc1ccc(C#N)c(Cl)c1. The van der Waals surface area contributed by atoms with Crippen molar-refractivity contribution in [2.24, 2.45) is 22.7 Å². The number of aliphatic hydroxyl groups excluding tert-OH is 1. The molecule has 1 saturated carbocycles. The van der Waals surface area contributed by atoms with E-state index in [2.05, 4.69) is 15.3 Å². The molecule has 1 aliphatic heterocycles. The van der Waals surface area contributed by atoms with Crippen molar-refractivity contribution < 1.29 is 19.4 Å². The molecule has 1 atom stereocenters. The maximum atomic E-state index is 13.1. The lowest BCUT2D eigenvalue weighted by atomic mass is 9.49. The summed E-state index contributed by atoms with van der Waals surface area (Å²) in [6.07, 6.45) is 5.27. The summed E-state index contributed by atoms with van der Waals surface area (Å²) in [4.78, 5) is 35.2. The number of aromatic nitrogens is 2. The number of carbonyl (C=O) groups is 2. The van der Waals surface area contributed by atoms with Gasteiger partial charge in [0.2, 0.25) is 5.95 Å². The molecule has 202 valence electrons. The Kier molecular flexibility index (Phi) is 7.96. The van der Waals surface area contributed by atoms with Crippen LogP contribution in [0.5, 0.6) is 5.75 Å². The number of nitrogens with zero attached hydrogens (tertiary/aromatic N) is 4. The Bertz CT molecular complexity index is 1200. The van der Waals surface area contributed by atoms with E-state index in [1.165, 1.54) is 12.4 Å². The predicted molar refractivity (Wildman–Crippen MR) is 143 cm³/mol. The largest absolute Gasteiger partial charge is 0.489 e. The molecule has 1 aromatic heterocycles. The van der Waals surface area contributed by atoms with Crippen molar-refractivity contribution in [2.75, 3.05) is 24.6 Å². The first kappa shape index (κ1) is 27.8. The molecule has 1 aliphatic carbocycles. The van der Waals surface area contributed by atoms with E-state index >= 15 is 0 Å². The number of carbonyl (C=O) groups excluding carboxylic acids is 2. The number of hydrogen-bond donors (Lipinski definition) is 2.